The summed E-state index contributed by atoms with van der Waals surface area (Å²) in [5, 5.41) is 3.03. The molecule has 1 unspecified atom stereocenters. The number of para-hydroxylation sites is 1. The average molecular weight is 332 g/mol. The van der Waals surface area contributed by atoms with Crippen LogP contribution in [0.3, 0.4) is 0 Å². The Morgan fingerprint density at radius 2 is 2.05 bits per heavy atom. The molecule has 0 aliphatic carbocycles. The fourth-order valence-electron chi connectivity index (χ4n) is 2.37. The molecular weight excluding hydrogens is 318 g/mol. The standard InChI is InChI=1S/C16H14BrNO2/c1-10-11(6-4-7-13(10)17)16(19)18-14-9-20-15-8-3-2-5-12(14)15/h2-8,14H,9H2,1H3,(H,18,19). The first-order valence-corrected chi connectivity index (χ1v) is 7.24. The number of hydrogen-bond donors (Lipinski definition) is 1. The summed E-state index contributed by atoms with van der Waals surface area (Å²) >= 11 is 3.45. The largest absolute Gasteiger partial charge is 0.491 e. The smallest absolute Gasteiger partial charge is 0.252 e. The molecule has 1 aliphatic rings. The van der Waals surface area contributed by atoms with E-state index < -0.39 is 0 Å². The molecule has 20 heavy (non-hydrogen) atoms. The van der Waals surface area contributed by atoms with Gasteiger partial charge in [-0.2, -0.15) is 0 Å². The predicted molar refractivity (Wildman–Crippen MR) is 81.0 cm³/mol. The first kappa shape index (κ1) is 13.2. The van der Waals surface area contributed by atoms with Crippen LogP contribution in [0.4, 0.5) is 0 Å². The lowest BCUT2D eigenvalue weighted by atomic mass is 10.1. The van der Waals surface area contributed by atoms with Gasteiger partial charge in [-0.25, -0.2) is 0 Å². The number of rotatable bonds is 2. The maximum Gasteiger partial charge on any atom is 0.252 e. The van der Waals surface area contributed by atoms with Crippen molar-refractivity contribution in [1.29, 1.82) is 0 Å². The molecule has 1 amide bonds. The molecule has 1 atom stereocenters. The van der Waals surface area contributed by atoms with Gasteiger partial charge in [0.1, 0.15) is 12.4 Å². The topological polar surface area (TPSA) is 38.3 Å². The van der Waals surface area contributed by atoms with Crippen molar-refractivity contribution in [2.75, 3.05) is 6.61 Å². The number of amides is 1. The number of halogens is 1. The van der Waals surface area contributed by atoms with Crippen LogP contribution in [0.5, 0.6) is 5.75 Å². The van der Waals surface area contributed by atoms with Gasteiger partial charge in [-0.1, -0.05) is 40.2 Å². The summed E-state index contributed by atoms with van der Waals surface area (Å²) in [6.45, 7) is 2.41. The number of carbonyl (C=O) groups is 1. The Bertz CT molecular complexity index is 669. The average Bonchev–Trinajstić information content (AvgIpc) is 2.85. The molecule has 0 aromatic heterocycles. The Morgan fingerprint density at radius 1 is 1.25 bits per heavy atom. The van der Waals surface area contributed by atoms with E-state index in [9.17, 15) is 4.79 Å². The van der Waals surface area contributed by atoms with Gasteiger partial charge in [-0.15, -0.1) is 0 Å². The zero-order valence-corrected chi connectivity index (χ0v) is 12.6. The third kappa shape index (κ3) is 2.31. The number of ether oxygens (including phenoxy) is 1. The number of nitrogens with one attached hydrogen (secondary N) is 1. The van der Waals surface area contributed by atoms with Gasteiger partial charge in [0.15, 0.2) is 0 Å². The minimum atomic E-state index is -0.0860. The van der Waals surface area contributed by atoms with E-state index in [1.54, 1.807) is 0 Å². The zero-order chi connectivity index (χ0) is 14.1. The quantitative estimate of drug-likeness (QED) is 0.912. The fraction of sp³-hybridized carbons (Fsp3) is 0.188. The van der Waals surface area contributed by atoms with Crippen LogP contribution < -0.4 is 10.1 Å². The second kappa shape index (κ2) is 5.29. The Balaban J connectivity index is 1.83. The Kier molecular flexibility index (Phi) is 3.49. The molecule has 4 heteroatoms. The third-order valence-corrected chi connectivity index (χ3v) is 4.38. The van der Waals surface area contributed by atoms with Gasteiger partial charge in [0.05, 0.1) is 6.04 Å². The molecule has 0 saturated heterocycles. The fourth-order valence-corrected chi connectivity index (χ4v) is 2.74. The SMILES string of the molecule is Cc1c(Br)cccc1C(=O)NC1COc2ccccc21. The minimum Gasteiger partial charge on any atom is -0.491 e. The summed E-state index contributed by atoms with van der Waals surface area (Å²) in [7, 11) is 0. The molecule has 0 spiro atoms. The highest BCUT2D eigenvalue weighted by molar-refractivity contribution is 9.10. The number of hydrogen-bond acceptors (Lipinski definition) is 2. The summed E-state index contributed by atoms with van der Waals surface area (Å²) in [4.78, 5) is 12.4. The van der Waals surface area contributed by atoms with Gasteiger partial charge < -0.3 is 10.1 Å². The molecule has 0 saturated carbocycles. The molecule has 1 aliphatic heterocycles. The van der Waals surface area contributed by atoms with Crippen LogP contribution in [0.15, 0.2) is 46.9 Å². The number of benzene rings is 2. The summed E-state index contributed by atoms with van der Waals surface area (Å²) in [6.07, 6.45) is 0. The Hall–Kier alpha value is -1.81. The maximum atomic E-state index is 12.4. The Morgan fingerprint density at radius 3 is 2.90 bits per heavy atom. The van der Waals surface area contributed by atoms with Gasteiger partial charge in [0, 0.05) is 15.6 Å². The number of fused-ring (bicyclic) bond motifs is 1. The molecule has 2 aromatic rings. The summed E-state index contributed by atoms with van der Waals surface area (Å²) in [6, 6.07) is 13.3. The highest BCUT2D eigenvalue weighted by Crippen LogP contribution is 2.32. The van der Waals surface area contributed by atoms with Crippen LogP contribution >= 0.6 is 15.9 Å². The van der Waals surface area contributed by atoms with Crippen LogP contribution in [-0.2, 0) is 0 Å². The van der Waals surface area contributed by atoms with Crippen molar-refractivity contribution < 1.29 is 9.53 Å². The van der Waals surface area contributed by atoms with Crippen LogP contribution in [-0.4, -0.2) is 12.5 Å². The molecule has 0 radical (unpaired) electrons. The highest BCUT2D eigenvalue weighted by Gasteiger charge is 2.25. The predicted octanol–water partition coefficient (Wildman–Crippen LogP) is 3.62. The van der Waals surface area contributed by atoms with E-state index in [-0.39, 0.29) is 11.9 Å². The van der Waals surface area contributed by atoms with Crippen LogP contribution in [0, 0.1) is 6.92 Å². The number of carbonyl (C=O) groups excluding carboxylic acids is 1. The maximum absolute atomic E-state index is 12.4. The lowest BCUT2D eigenvalue weighted by molar-refractivity contribution is 0.0929. The van der Waals surface area contributed by atoms with Crippen molar-refractivity contribution in [1.82, 2.24) is 5.32 Å². The zero-order valence-electron chi connectivity index (χ0n) is 11.0. The van der Waals surface area contributed by atoms with Crippen molar-refractivity contribution in [3.8, 4) is 5.75 Å². The minimum absolute atomic E-state index is 0.0749. The van der Waals surface area contributed by atoms with Crippen LogP contribution in [0.1, 0.15) is 27.5 Å². The summed E-state index contributed by atoms with van der Waals surface area (Å²) in [5.41, 5.74) is 2.66. The van der Waals surface area contributed by atoms with Gasteiger partial charge >= 0.3 is 0 Å². The van der Waals surface area contributed by atoms with Gasteiger partial charge in [-0.05, 0) is 30.7 Å². The van der Waals surface area contributed by atoms with Crippen LogP contribution in [0.25, 0.3) is 0 Å². The van der Waals surface area contributed by atoms with Gasteiger partial charge in [0.25, 0.3) is 5.91 Å². The second-order valence-electron chi connectivity index (χ2n) is 4.79. The molecule has 3 nitrogen and oxygen atoms in total. The van der Waals surface area contributed by atoms with Crippen molar-refractivity contribution >= 4 is 21.8 Å². The van der Waals surface area contributed by atoms with E-state index in [4.69, 9.17) is 4.74 Å². The normalized spacial score (nSPS) is 16.4. The molecule has 0 fully saturated rings. The molecular formula is C16H14BrNO2. The molecule has 3 rings (SSSR count). The lowest BCUT2D eigenvalue weighted by Gasteiger charge is -2.13. The molecule has 0 bridgehead atoms. The molecule has 102 valence electrons. The summed E-state index contributed by atoms with van der Waals surface area (Å²) in [5.74, 6) is 0.776. The molecule has 1 heterocycles. The van der Waals surface area contributed by atoms with Crippen LogP contribution in [0.2, 0.25) is 0 Å². The highest BCUT2D eigenvalue weighted by atomic mass is 79.9. The Labute approximate surface area is 126 Å². The third-order valence-electron chi connectivity index (χ3n) is 3.52. The van der Waals surface area contributed by atoms with Gasteiger partial charge in [-0.3, -0.25) is 4.79 Å². The lowest BCUT2D eigenvalue weighted by Crippen LogP contribution is -2.29. The second-order valence-corrected chi connectivity index (χ2v) is 5.64. The van der Waals surface area contributed by atoms with E-state index in [0.717, 1.165) is 21.3 Å². The van der Waals surface area contributed by atoms with Crippen molar-refractivity contribution in [2.24, 2.45) is 0 Å². The summed E-state index contributed by atoms with van der Waals surface area (Å²) < 4.78 is 6.52. The first-order chi connectivity index (χ1) is 9.66. The molecule has 2 aromatic carbocycles. The van der Waals surface area contributed by atoms with E-state index in [1.807, 2.05) is 49.4 Å². The van der Waals surface area contributed by atoms with Gasteiger partial charge in [0.2, 0.25) is 0 Å². The van der Waals surface area contributed by atoms with E-state index in [0.29, 0.717) is 12.2 Å². The van der Waals surface area contributed by atoms with E-state index in [1.165, 1.54) is 0 Å². The van der Waals surface area contributed by atoms with E-state index in [2.05, 4.69) is 21.2 Å². The van der Waals surface area contributed by atoms with Crippen molar-refractivity contribution in [2.45, 2.75) is 13.0 Å². The monoisotopic (exact) mass is 331 g/mol. The van der Waals surface area contributed by atoms with Crippen molar-refractivity contribution in [3.63, 3.8) is 0 Å². The molecule has 1 N–H and O–H groups in total. The van der Waals surface area contributed by atoms with E-state index >= 15 is 0 Å². The van der Waals surface area contributed by atoms with Crippen molar-refractivity contribution in [3.05, 3.63) is 63.6 Å². The first-order valence-electron chi connectivity index (χ1n) is 6.44.